The van der Waals surface area contributed by atoms with Crippen molar-refractivity contribution < 1.29 is 18.3 Å². The van der Waals surface area contributed by atoms with Crippen molar-refractivity contribution in [3.63, 3.8) is 0 Å². The lowest BCUT2D eigenvalue weighted by Gasteiger charge is -2.28. The van der Waals surface area contributed by atoms with Crippen LogP contribution < -0.4 is 4.74 Å². The van der Waals surface area contributed by atoms with Crippen LogP contribution in [-0.4, -0.2) is 25.3 Å². The lowest BCUT2D eigenvalue weighted by molar-refractivity contribution is -0.0142. The van der Waals surface area contributed by atoms with Gasteiger partial charge in [-0.25, -0.2) is 9.37 Å². The third-order valence-electron chi connectivity index (χ3n) is 2.78. The molecule has 1 saturated heterocycles. The molecule has 1 aliphatic heterocycles. The molecule has 1 fully saturated rings. The van der Waals surface area contributed by atoms with Crippen LogP contribution in [0.2, 0.25) is 0 Å². The van der Waals surface area contributed by atoms with Gasteiger partial charge in [-0.2, -0.15) is 4.39 Å². The van der Waals surface area contributed by atoms with Crippen molar-refractivity contribution in [3.8, 4) is 5.75 Å². The molecule has 5 heteroatoms. The fourth-order valence-corrected chi connectivity index (χ4v) is 1.77. The Bertz CT molecular complexity index is 378. The second kappa shape index (κ2) is 4.33. The van der Waals surface area contributed by atoms with E-state index in [0.29, 0.717) is 13.2 Å². The summed E-state index contributed by atoms with van der Waals surface area (Å²) in [5.41, 5.74) is -1.46. The van der Waals surface area contributed by atoms with E-state index in [1.54, 1.807) is 0 Å². The Morgan fingerprint density at radius 1 is 1.38 bits per heavy atom. The van der Waals surface area contributed by atoms with Crippen molar-refractivity contribution in [2.24, 2.45) is 0 Å². The van der Waals surface area contributed by atoms with Crippen molar-refractivity contribution >= 4 is 0 Å². The number of pyridine rings is 1. The predicted molar refractivity (Wildman–Crippen MR) is 53.6 cm³/mol. The molecule has 1 aliphatic rings. The maximum atomic E-state index is 14.4. The lowest BCUT2D eigenvalue weighted by atomic mass is 9.92. The summed E-state index contributed by atoms with van der Waals surface area (Å²) in [5.74, 6) is -0.747. The van der Waals surface area contributed by atoms with Crippen LogP contribution in [0.25, 0.3) is 0 Å². The van der Waals surface area contributed by atoms with E-state index < -0.39 is 11.6 Å². The first-order valence-electron chi connectivity index (χ1n) is 5.13. The molecular formula is C11H13F2NO2. The van der Waals surface area contributed by atoms with Crippen LogP contribution >= 0.6 is 0 Å². The molecule has 0 aliphatic carbocycles. The standard InChI is InChI=1S/C11H13F2NO2/c1-15-8-2-3-9(14-10(8)12)11(13)4-6-16-7-5-11/h2-3H,4-7H2,1H3. The molecule has 1 aromatic heterocycles. The van der Waals surface area contributed by atoms with Crippen LogP contribution in [0.15, 0.2) is 12.1 Å². The molecular weight excluding hydrogens is 216 g/mol. The van der Waals surface area contributed by atoms with Crippen molar-refractivity contribution in [3.05, 3.63) is 23.8 Å². The Balaban J connectivity index is 2.29. The number of hydrogen-bond acceptors (Lipinski definition) is 3. The first-order valence-corrected chi connectivity index (χ1v) is 5.13. The molecule has 0 saturated carbocycles. The first-order chi connectivity index (χ1) is 7.65. The number of methoxy groups -OCH3 is 1. The average Bonchev–Trinajstić information content (AvgIpc) is 2.30. The molecule has 3 nitrogen and oxygen atoms in total. The van der Waals surface area contributed by atoms with Crippen LogP contribution in [0.1, 0.15) is 18.5 Å². The number of halogens is 2. The van der Waals surface area contributed by atoms with E-state index in [1.807, 2.05) is 0 Å². The fourth-order valence-electron chi connectivity index (χ4n) is 1.77. The monoisotopic (exact) mass is 229 g/mol. The number of alkyl halides is 1. The highest BCUT2D eigenvalue weighted by Crippen LogP contribution is 2.35. The van der Waals surface area contributed by atoms with Gasteiger partial charge in [-0.05, 0) is 12.1 Å². The van der Waals surface area contributed by atoms with Gasteiger partial charge in [0.05, 0.1) is 26.0 Å². The predicted octanol–water partition coefficient (Wildman–Crippen LogP) is 2.20. The Hall–Kier alpha value is -1.23. The van der Waals surface area contributed by atoms with Gasteiger partial charge in [0.25, 0.3) is 5.95 Å². The molecule has 0 N–H and O–H groups in total. The van der Waals surface area contributed by atoms with Crippen LogP contribution in [0.4, 0.5) is 8.78 Å². The maximum Gasteiger partial charge on any atom is 0.255 e. The summed E-state index contributed by atoms with van der Waals surface area (Å²) in [6.07, 6.45) is 0.428. The normalized spacial score (nSPS) is 19.4. The fraction of sp³-hybridized carbons (Fsp3) is 0.545. The molecule has 0 bridgehead atoms. The first kappa shape index (κ1) is 11.3. The SMILES string of the molecule is COc1ccc(C2(F)CCOCC2)nc1F. The number of ether oxygens (including phenoxy) is 2. The number of rotatable bonds is 2. The van der Waals surface area contributed by atoms with E-state index in [-0.39, 0.29) is 24.3 Å². The van der Waals surface area contributed by atoms with Crippen molar-refractivity contribution in [2.45, 2.75) is 18.5 Å². The highest BCUT2D eigenvalue weighted by molar-refractivity contribution is 5.25. The van der Waals surface area contributed by atoms with Crippen LogP contribution in [0.3, 0.4) is 0 Å². The Labute approximate surface area is 92.4 Å². The second-order valence-electron chi connectivity index (χ2n) is 3.77. The number of hydrogen-bond donors (Lipinski definition) is 0. The molecule has 1 aromatic rings. The highest BCUT2D eigenvalue weighted by Gasteiger charge is 2.36. The van der Waals surface area contributed by atoms with Gasteiger partial charge in [0.1, 0.15) is 0 Å². The minimum absolute atomic E-state index is 0.0272. The molecule has 2 heterocycles. The summed E-state index contributed by atoms with van der Waals surface area (Å²) >= 11 is 0. The molecule has 16 heavy (non-hydrogen) atoms. The van der Waals surface area contributed by atoms with Crippen LogP contribution in [0, 0.1) is 5.95 Å². The molecule has 88 valence electrons. The van der Waals surface area contributed by atoms with E-state index in [0.717, 1.165) is 0 Å². The van der Waals surface area contributed by atoms with E-state index in [2.05, 4.69) is 4.98 Å². The van der Waals surface area contributed by atoms with Gasteiger partial charge >= 0.3 is 0 Å². The molecule has 0 aromatic carbocycles. The minimum atomic E-state index is -1.58. The Morgan fingerprint density at radius 3 is 2.62 bits per heavy atom. The second-order valence-corrected chi connectivity index (χ2v) is 3.77. The number of aromatic nitrogens is 1. The zero-order chi connectivity index (χ0) is 11.6. The summed E-state index contributed by atoms with van der Waals surface area (Å²) in [6.45, 7) is 0.678. The zero-order valence-electron chi connectivity index (χ0n) is 9.00. The third-order valence-corrected chi connectivity index (χ3v) is 2.78. The Morgan fingerprint density at radius 2 is 2.06 bits per heavy atom. The molecule has 0 amide bonds. The molecule has 2 rings (SSSR count). The molecule has 0 atom stereocenters. The van der Waals surface area contributed by atoms with Gasteiger partial charge in [0.2, 0.25) is 0 Å². The molecule has 0 unspecified atom stereocenters. The smallest absolute Gasteiger partial charge is 0.255 e. The minimum Gasteiger partial charge on any atom is -0.492 e. The highest BCUT2D eigenvalue weighted by atomic mass is 19.1. The van der Waals surface area contributed by atoms with Crippen LogP contribution in [0.5, 0.6) is 5.75 Å². The zero-order valence-corrected chi connectivity index (χ0v) is 9.00. The van der Waals surface area contributed by atoms with E-state index in [1.165, 1.54) is 19.2 Å². The quantitative estimate of drug-likeness (QED) is 0.728. The largest absolute Gasteiger partial charge is 0.492 e. The third kappa shape index (κ3) is 2.00. The molecule has 0 radical (unpaired) electrons. The average molecular weight is 229 g/mol. The summed E-state index contributed by atoms with van der Waals surface area (Å²) in [7, 11) is 1.35. The van der Waals surface area contributed by atoms with E-state index in [9.17, 15) is 8.78 Å². The van der Waals surface area contributed by atoms with E-state index in [4.69, 9.17) is 9.47 Å². The van der Waals surface area contributed by atoms with Gasteiger partial charge in [-0.3, -0.25) is 0 Å². The van der Waals surface area contributed by atoms with Crippen molar-refractivity contribution in [2.75, 3.05) is 20.3 Å². The van der Waals surface area contributed by atoms with Gasteiger partial charge in [0.15, 0.2) is 11.4 Å². The van der Waals surface area contributed by atoms with Crippen LogP contribution in [-0.2, 0) is 10.4 Å². The van der Waals surface area contributed by atoms with Gasteiger partial charge < -0.3 is 9.47 Å². The van der Waals surface area contributed by atoms with E-state index >= 15 is 0 Å². The summed E-state index contributed by atoms with van der Waals surface area (Å²) < 4.78 is 37.5. The number of nitrogens with zero attached hydrogens (tertiary/aromatic N) is 1. The summed E-state index contributed by atoms with van der Waals surface area (Å²) in [4.78, 5) is 3.62. The summed E-state index contributed by atoms with van der Waals surface area (Å²) in [6, 6.07) is 2.86. The molecule has 0 spiro atoms. The lowest BCUT2D eigenvalue weighted by Crippen LogP contribution is -2.30. The van der Waals surface area contributed by atoms with Crippen molar-refractivity contribution in [1.82, 2.24) is 4.98 Å². The van der Waals surface area contributed by atoms with Gasteiger partial charge in [-0.15, -0.1) is 0 Å². The Kier molecular flexibility index (Phi) is 3.05. The summed E-state index contributed by atoms with van der Waals surface area (Å²) in [5, 5.41) is 0. The maximum absolute atomic E-state index is 14.4. The van der Waals surface area contributed by atoms with Gasteiger partial charge in [-0.1, -0.05) is 0 Å². The van der Waals surface area contributed by atoms with Gasteiger partial charge in [0, 0.05) is 12.8 Å². The van der Waals surface area contributed by atoms with Crippen molar-refractivity contribution in [1.29, 1.82) is 0 Å². The topological polar surface area (TPSA) is 31.4 Å².